The van der Waals surface area contributed by atoms with E-state index in [0.717, 1.165) is 83.5 Å². The molecule has 0 spiro atoms. The maximum atomic E-state index is 12.9. The quantitative estimate of drug-likeness (QED) is 0.406. The number of piperidine rings is 1. The van der Waals surface area contributed by atoms with E-state index in [9.17, 15) is 9.59 Å². The number of rotatable bonds is 8. The van der Waals surface area contributed by atoms with Gasteiger partial charge in [0.15, 0.2) is 11.5 Å². The SMILES string of the molecule is CC(C)(C)OC(=O)N1CCN(CCC2CCN(c3ccc(C(=O)N[C@H]4CC[C@H](Oc5ccc(C#N)c(Cl)c5)CC4)nn3)CC2)CC1. The van der Waals surface area contributed by atoms with Crippen molar-refractivity contribution in [2.75, 3.05) is 50.7 Å². The lowest BCUT2D eigenvalue weighted by atomic mass is 9.92. The van der Waals surface area contributed by atoms with Crippen LogP contribution in [0.2, 0.25) is 5.02 Å². The van der Waals surface area contributed by atoms with Gasteiger partial charge in [-0.05, 0) is 102 Å². The summed E-state index contributed by atoms with van der Waals surface area (Å²) in [7, 11) is 0. The van der Waals surface area contributed by atoms with E-state index >= 15 is 0 Å². The molecule has 12 heteroatoms. The molecule has 1 saturated carbocycles. The second-order valence-electron chi connectivity index (χ2n) is 13.6. The fourth-order valence-electron chi connectivity index (χ4n) is 6.35. The Labute approximate surface area is 277 Å². The molecule has 3 fully saturated rings. The van der Waals surface area contributed by atoms with Gasteiger partial charge >= 0.3 is 6.09 Å². The molecule has 46 heavy (non-hydrogen) atoms. The van der Waals surface area contributed by atoms with Gasteiger partial charge in [0.2, 0.25) is 0 Å². The topological polar surface area (TPSA) is 124 Å². The first kappa shape index (κ1) is 33.7. The number of carbonyl (C=O) groups is 2. The van der Waals surface area contributed by atoms with E-state index in [1.165, 1.54) is 0 Å². The van der Waals surface area contributed by atoms with Gasteiger partial charge in [0.1, 0.15) is 17.4 Å². The number of nitrogens with zero attached hydrogens (tertiary/aromatic N) is 6. The zero-order valence-electron chi connectivity index (χ0n) is 27.2. The van der Waals surface area contributed by atoms with Gasteiger partial charge < -0.3 is 24.6 Å². The van der Waals surface area contributed by atoms with Crippen molar-refractivity contribution in [1.29, 1.82) is 5.26 Å². The normalized spacial score (nSPS) is 21.4. The summed E-state index contributed by atoms with van der Waals surface area (Å²) in [5.74, 6) is 1.94. The number of anilines is 1. The number of nitriles is 1. The van der Waals surface area contributed by atoms with Gasteiger partial charge in [0, 0.05) is 51.4 Å². The van der Waals surface area contributed by atoms with Crippen molar-refractivity contribution < 1.29 is 19.1 Å². The third-order valence-corrected chi connectivity index (χ3v) is 9.39. The Bertz CT molecular complexity index is 1370. The fraction of sp³-hybridized carbons (Fsp3) is 0.618. The number of aromatic nitrogens is 2. The van der Waals surface area contributed by atoms with Crippen molar-refractivity contribution in [3.63, 3.8) is 0 Å². The first-order valence-corrected chi connectivity index (χ1v) is 16.9. The molecule has 1 aromatic carbocycles. The van der Waals surface area contributed by atoms with Crippen molar-refractivity contribution in [1.82, 2.24) is 25.3 Å². The van der Waals surface area contributed by atoms with E-state index in [1.54, 1.807) is 24.3 Å². The summed E-state index contributed by atoms with van der Waals surface area (Å²) in [6.45, 7) is 11.8. The van der Waals surface area contributed by atoms with Crippen molar-refractivity contribution in [3.05, 3.63) is 46.6 Å². The monoisotopic (exact) mass is 651 g/mol. The number of amides is 2. The molecule has 2 saturated heterocycles. The van der Waals surface area contributed by atoms with Crippen molar-refractivity contribution in [2.24, 2.45) is 5.92 Å². The standard InChI is InChI=1S/C34H46ClN7O4/c1-34(2,3)46-33(44)42-20-18-40(19-21-42)15-12-24-13-16-41(17-14-24)31-11-10-30(38-39-31)32(43)37-26-5-8-27(9-6-26)45-28-7-4-25(23-36)29(35)22-28/h4,7,10-11,22,24,26-27H,5-6,8-9,12-21H2,1-3H3,(H,37,43)/t26-,27-. The van der Waals surface area contributed by atoms with E-state index in [2.05, 4.69) is 31.4 Å². The van der Waals surface area contributed by atoms with Crippen LogP contribution < -0.4 is 15.0 Å². The predicted octanol–water partition coefficient (Wildman–Crippen LogP) is 5.28. The molecule has 2 amide bonds. The van der Waals surface area contributed by atoms with Gasteiger partial charge in [-0.25, -0.2) is 4.79 Å². The average molecular weight is 652 g/mol. The van der Waals surface area contributed by atoms with E-state index in [1.807, 2.05) is 31.7 Å². The number of hydrogen-bond donors (Lipinski definition) is 1. The molecule has 2 aromatic rings. The zero-order valence-corrected chi connectivity index (χ0v) is 28.0. The van der Waals surface area contributed by atoms with E-state index in [4.69, 9.17) is 26.3 Å². The van der Waals surface area contributed by atoms with Crippen LogP contribution in [-0.2, 0) is 4.74 Å². The smallest absolute Gasteiger partial charge is 0.410 e. The Kier molecular flexibility index (Phi) is 11.2. The highest BCUT2D eigenvalue weighted by molar-refractivity contribution is 6.31. The molecule has 0 radical (unpaired) electrons. The first-order valence-electron chi connectivity index (χ1n) is 16.5. The molecule has 1 aliphatic carbocycles. The highest BCUT2D eigenvalue weighted by Crippen LogP contribution is 2.28. The van der Waals surface area contributed by atoms with Crippen molar-refractivity contribution in [2.45, 2.75) is 83.5 Å². The van der Waals surface area contributed by atoms with Crippen LogP contribution in [0.3, 0.4) is 0 Å². The van der Waals surface area contributed by atoms with E-state index in [-0.39, 0.29) is 24.1 Å². The first-order chi connectivity index (χ1) is 22.1. The highest BCUT2D eigenvalue weighted by Gasteiger charge is 2.28. The van der Waals surface area contributed by atoms with Crippen LogP contribution in [0.1, 0.15) is 81.8 Å². The summed E-state index contributed by atoms with van der Waals surface area (Å²) >= 11 is 6.13. The lowest BCUT2D eigenvalue weighted by molar-refractivity contribution is 0.0140. The second-order valence-corrected chi connectivity index (χ2v) is 14.0. The van der Waals surface area contributed by atoms with Crippen LogP contribution in [0.5, 0.6) is 5.75 Å². The third kappa shape index (κ3) is 9.46. The minimum atomic E-state index is -0.464. The third-order valence-electron chi connectivity index (χ3n) is 9.07. The molecule has 3 heterocycles. The van der Waals surface area contributed by atoms with Crippen LogP contribution in [0.15, 0.2) is 30.3 Å². The second kappa shape index (κ2) is 15.3. The van der Waals surface area contributed by atoms with Gasteiger partial charge in [0.25, 0.3) is 5.91 Å². The van der Waals surface area contributed by atoms with Gasteiger partial charge in [0.05, 0.1) is 16.7 Å². The molecule has 0 unspecified atom stereocenters. The van der Waals surface area contributed by atoms with Crippen LogP contribution >= 0.6 is 11.6 Å². The highest BCUT2D eigenvalue weighted by atomic mass is 35.5. The molecule has 1 N–H and O–H groups in total. The van der Waals surface area contributed by atoms with Crippen LogP contribution in [0.4, 0.5) is 10.6 Å². The number of benzene rings is 1. The molecule has 0 bridgehead atoms. The summed E-state index contributed by atoms with van der Waals surface area (Å²) in [5.41, 5.74) is 0.294. The number of carbonyl (C=O) groups excluding carboxylic acids is 2. The molecule has 5 rings (SSSR count). The number of ether oxygens (including phenoxy) is 2. The largest absolute Gasteiger partial charge is 0.490 e. The Hall–Kier alpha value is -3.62. The number of halogens is 1. The molecular weight excluding hydrogens is 606 g/mol. The minimum Gasteiger partial charge on any atom is -0.490 e. The Morgan fingerprint density at radius 2 is 1.70 bits per heavy atom. The van der Waals surface area contributed by atoms with Gasteiger partial charge in [-0.15, -0.1) is 10.2 Å². The zero-order chi connectivity index (χ0) is 32.7. The predicted molar refractivity (Wildman–Crippen MR) is 176 cm³/mol. The van der Waals surface area contributed by atoms with Crippen LogP contribution in [0.25, 0.3) is 0 Å². The molecule has 3 aliphatic rings. The van der Waals surface area contributed by atoms with Crippen LogP contribution in [0, 0.1) is 17.2 Å². The fourth-order valence-corrected chi connectivity index (χ4v) is 6.56. The summed E-state index contributed by atoms with van der Waals surface area (Å²) in [6, 6.07) is 10.9. The molecule has 2 aliphatic heterocycles. The summed E-state index contributed by atoms with van der Waals surface area (Å²) < 4.78 is 11.6. The average Bonchev–Trinajstić information content (AvgIpc) is 3.04. The van der Waals surface area contributed by atoms with Crippen LogP contribution in [-0.4, -0.2) is 95.6 Å². The van der Waals surface area contributed by atoms with Gasteiger partial charge in [-0.2, -0.15) is 5.26 Å². The maximum absolute atomic E-state index is 12.9. The Balaban J connectivity index is 0.979. The van der Waals surface area contributed by atoms with Gasteiger partial charge in [-0.3, -0.25) is 9.69 Å². The molecule has 0 atom stereocenters. The van der Waals surface area contributed by atoms with E-state index < -0.39 is 5.60 Å². The summed E-state index contributed by atoms with van der Waals surface area (Å²) in [6.07, 6.45) is 6.44. The maximum Gasteiger partial charge on any atom is 0.410 e. The summed E-state index contributed by atoms with van der Waals surface area (Å²) in [4.78, 5) is 31.7. The van der Waals surface area contributed by atoms with Crippen molar-refractivity contribution >= 4 is 29.4 Å². The number of nitrogens with one attached hydrogen (secondary N) is 1. The molecule has 11 nitrogen and oxygen atoms in total. The molecular formula is C34H46ClN7O4. The lowest BCUT2D eigenvalue weighted by Gasteiger charge is -2.37. The number of hydrogen-bond acceptors (Lipinski definition) is 9. The molecule has 1 aromatic heterocycles. The molecule has 248 valence electrons. The lowest BCUT2D eigenvalue weighted by Crippen LogP contribution is -2.50. The summed E-state index contributed by atoms with van der Waals surface area (Å²) in [5, 5.41) is 21.2. The minimum absolute atomic E-state index is 0.0434. The Morgan fingerprint density at radius 1 is 0.978 bits per heavy atom. The van der Waals surface area contributed by atoms with E-state index in [0.29, 0.717) is 41.0 Å². The number of piperazine rings is 1. The van der Waals surface area contributed by atoms with Crippen molar-refractivity contribution in [3.8, 4) is 11.8 Å². The Morgan fingerprint density at radius 3 is 2.30 bits per heavy atom. The van der Waals surface area contributed by atoms with Gasteiger partial charge in [-0.1, -0.05) is 11.6 Å².